The zero-order chi connectivity index (χ0) is 15.4. The van der Waals surface area contributed by atoms with Crippen molar-refractivity contribution >= 4 is 5.91 Å². The minimum Gasteiger partial charge on any atom is -0.467 e. The lowest BCUT2D eigenvalue weighted by molar-refractivity contribution is 0.0486. The molecule has 1 aromatic heterocycles. The van der Waals surface area contributed by atoms with E-state index in [0.717, 1.165) is 18.7 Å². The van der Waals surface area contributed by atoms with Crippen LogP contribution in [0, 0.1) is 0 Å². The Morgan fingerprint density at radius 2 is 1.82 bits per heavy atom. The van der Waals surface area contributed by atoms with E-state index >= 15 is 0 Å². The molecular weight excluding hydrogens is 280 g/mol. The van der Waals surface area contributed by atoms with Crippen molar-refractivity contribution in [3.8, 4) is 0 Å². The Hall–Kier alpha value is -2.11. The van der Waals surface area contributed by atoms with Gasteiger partial charge in [-0.15, -0.1) is 0 Å². The third kappa shape index (κ3) is 3.37. The molecule has 2 aromatic rings. The van der Waals surface area contributed by atoms with Crippen molar-refractivity contribution in [1.82, 2.24) is 9.80 Å². The lowest BCUT2D eigenvalue weighted by Crippen LogP contribution is -2.49. The van der Waals surface area contributed by atoms with Crippen molar-refractivity contribution in [2.75, 3.05) is 32.7 Å². The molecule has 5 nitrogen and oxygen atoms in total. The van der Waals surface area contributed by atoms with Crippen LogP contribution in [0.25, 0.3) is 0 Å². The molecule has 2 heterocycles. The maximum absolute atomic E-state index is 12.4. The Morgan fingerprint density at radius 1 is 1.09 bits per heavy atom. The van der Waals surface area contributed by atoms with Gasteiger partial charge in [-0.05, 0) is 24.3 Å². The van der Waals surface area contributed by atoms with Gasteiger partial charge in [0.1, 0.15) is 11.9 Å². The SMILES string of the molecule is O=C(c1ccccc1)N1CCN(CC(O)c2ccco2)CC1. The highest BCUT2D eigenvalue weighted by molar-refractivity contribution is 5.94. The predicted molar refractivity (Wildman–Crippen MR) is 82.5 cm³/mol. The average molecular weight is 300 g/mol. The lowest BCUT2D eigenvalue weighted by atomic mass is 10.1. The number of carbonyl (C=O) groups is 1. The molecule has 3 rings (SSSR count). The number of hydrogen-bond donors (Lipinski definition) is 1. The minimum absolute atomic E-state index is 0.0758. The molecule has 1 fully saturated rings. The summed E-state index contributed by atoms with van der Waals surface area (Å²) in [6.45, 7) is 3.41. The van der Waals surface area contributed by atoms with Crippen LogP contribution in [0.4, 0.5) is 0 Å². The van der Waals surface area contributed by atoms with Crippen LogP contribution in [0.15, 0.2) is 53.1 Å². The van der Waals surface area contributed by atoms with Crippen LogP contribution >= 0.6 is 0 Å². The fourth-order valence-corrected chi connectivity index (χ4v) is 2.71. The summed E-state index contributed by atoms with van der Waals surface area (Å²) < 4.78 is 5.21. The average Bonchev–Trinajstić information content (AvgIpc) is 3.10. The van der Waals surface area contributed by atoms with Gasteiger partial charge in [-0.25, -0.2) is 0 Å². The first kappa shape index (κ1) is 14.8. The van der Waals surface area contributed by atoms with Gasteiger partial charge in [-0.2, -0.15) is 0 Å². The van der Waals surface area contributed by atoms with Crippen molar-refractivity contribution in [2.45, 2.75) is 6.10 Å². The Bertz CT molecular complexity index is 590. The molecule has 1 aromatic carbocycles. The molecule has 0 saturated carbocycles. The Kier molecular flexibility index (Phi) is 4.56. The molecule has 1 unspecified atom stereocenters. The summed E-state index contributed by atoms with van der Waals surface area (Å²) in [5.74, 6) is 0.662. The van der Waals surface area contributed by atoms with Gasteiger partial charge in [0.25, 0.3) is 5.91 Å². The Labute approximate surface area is 129 Å². The molecule has 1 aliphatic rings. The van der Waals surface area contributed by atoms with Gasteiger partial charge in [0.2, 0.25) is 0 Å². The van der Waals surface area contributed by atoms with Gasteiger partial charge in [0.15, 0.2) is 0 Å². The Morgan fingerprint density at radius 3 is 2.45 bits per heavy atom. The van der Waals surface area contributed by atoms with Crippen molar-refractivity contribution in [2.24, 2.45) is 0 Å². The quantitative estimate of drug-likeness (QED) is 0.935. The highest BCUT2D eigenvalue weighted by Crippen LogP contribution is 2.16. The molecule has 1 N–H and O–H groups in total. The van der Waals surface area contributed by atoms with Gasteiger partial charge in [0.05, 0.1) is 6.26 Å². The number of benzene rings is 1. The van der Waals surface area contributed by atoms with Gasteiger partial charge in [-0.3, -0.25) is 9.69 Å². The van der Waals surface area contributed by atoms with Gasteiger partial charge >= 0.3 is 0 Å². The first-order valence-corrected chi connectivity index (χ1v) is 7.52. The third-order valence-electron chi connectivity index (χ3n) is 3.98. The van der Waals surface area contributed by atoms with Crippen LogP contribution in [0.2, 0.25) is 0 Å². The van der Waals surface area contributed by atoms with E-state index in [4.69, 9.17) is 4.42 Å². The second kappa shape index (κ2) is 6.77. The van der Waals surface area contributed by atoms with Gasteiger partial charge < -0.3 is 14.4 Å². The lowest BCUT2D eigenvalue weighted by Gasteiger charge is -2.35. The molecule has 22 heavy (non-hydrogen) atoms. The summed E-state index contributed by atoms with van der Waals surface area (Å²) >= 11 is 0. The number of rotatable bonds is 4. The van der Waals surface area contributed by atoms with E-state index in [1.807, 2.05) is 35.2 Å². The fraction of sp³-hybridized carbons (Fsp3) is 0.353. The minimum atomic E-state index is -0.619. The predicted octanol–water partition coefficient (Wildman–Crippen LogP) is 1.77. The second-order valence-corrected chi connectivity index (χ2v) is 5.49. The number of carbonyl (C=O) groups excluding carboxylic acids is 1. The van der Waals surface area contributed by atoms with Crippen molar-refractivity contribution in [3.05, 3.63) is 60.1 Å². The normalized spacial score (nSPS) is 17.4. The summed E-state index contributed by atoms with van der Waals surface area (Å²) in [5, 5.41) is 10.1. The molecule has 0 radical (unpaired) electrons. The van der Waals surface area contributed by atoms with Crippen LogP contribution in [0.1, 0.15) is 22.2 Å². The number of furan rings is 1. The molecule has 0 spiro atoms. The molecule has 0 aliphatic carbocycles. The van der Waals surface area contributed by atoms with E-state index in [9.17, 15) is 9.90 Å². The number of aliphatic hydroxyl groups is 1. The van der Waals surface area contributed by atoms with Gasteiger partial charge in [0, 0.05) is 38.3 Å². The van der Waals surface area contributed by atoms with Crippen LogP contribution < -0.4 is 0 Å². The van der Waals surface area contributed by atoms with Gasteiger partial charge in [-0.1, -0.05) is 18.2 Å². The van der Waals surface area contributed by atoms with E-state index < -0.39 is 6.10 Å². The van der Waals surface area contributed by atoms with E-state index in [1.165, 1.54) is 0 Å². The van der Waals surface area contributed by atoms with Crippen molar-refractivity contribution in [3.63, 3.8) is 0 Å². The maximum Gasteiger partial charge on any atom is 0.253 e. The van der Waals surface area contributed by atoms with E-state index in [0.29, 0.717) is 25.4 Å². The summed E-state index contributed by atoms with van der Waals surface area (Å²) in [5.41, 5.74) is 0.728. The largest absolute Gasteiger partial charge is 0.467 e. The number of amides is 1. The topological polar surface area (TPSA) is 56.9 Å². The first-order chi connectivity index (χ1) is 10.7. The van der Waals surface area contributed by atoms with E-state index in [2.05, 4.69) is 4.90 Å². The molecule has 1 amide bonds. The van der Waals surface area contributed by atoms with Crippen molar-refractivity contribution < 1.29 is 14.3 Å². The summed E-state index contributed by atoms with van der Waals surface area (Å²) in [4.78, 5) is 16.4. The molecule has 5 heteroatoms. The number of piperazine rings is 1. The number of aliphatic hydroxyl groups excluding tert-OH is 1. The first-order valence-electron chi connectivity index (χ1n) is 7.52. The molecule has 1 atom stereocenters. The van der Waals surface area contributed by atoms with Crippen molar-refractivity contribution in [1.29, 1.82) is 0 Å². The molecule has 1 aliphatic heterocycles. The third-order valence-corrected chi connectivity index (χ3v) is 3.98. The summed E-state index contributed by atoms with van der Waals surface area (Å²) in [6.07, 6.45) is 0.945. The number of β-amino-alcohol motifs (C(OH)–C–C–N with tert-alkyl or cyclic N) is 1. The van der Waals surface area contributed by atoms with E-state index in [-0.39, 0.29) is 5.91 Å². The highest BCUT2D eigenvalue weighted by atomic mass is 16.4. The highest BCUT2D eigenvalue weighted by Gasteiger charge is 2.24. The molecule has 1 saturated heterocycles. The smallest absolute Gasteiger partial charge is 0.253 e. The van der Waals surface area contributed by atoms with E-state index in [1.54, 1.807) is 18.4 Å². The summed E-state index contributed by atoms with van der Waals surface area (Å²) in [6, 6.07) is 12.9. The molecule has 116 valence electrons. The zero-order valence-electron chi connectivity index (χ0n) is 12.4. The maximum atomic E-state index is 12.4. The van der Waals surface area contributed by atoms with Crippen LogP contribution in [0.5, 0.6) is 0 Å². The standard InChI is InChI=1S/C17H20N2O3/c20-15(16-7-4-12-22-16)13-18-8-10-19(11-9-18)17(21)14-5-2-1-3-6-14/h1-7,12,15,20H,8-11,13H2. The fourth-order valence-electron chi connectivity index (χ4n) is 2.71. The molecule has 0 bridgehead atoms. The second-order valence-electron chi connectivity index (χ2n) is 5.49. The Balaban J connectivity index is 1.51. The summed E-state index contributed by atoms with van der Waals surface area (Å²) in [7, 11) is 0. The zero-order valence-corrected chi connectivity index (χ0v) is 12.4. The van der Waals surface area contributed by atoms with Crippen LogP contribution in [-0.2, 0) is 0 Å². The van der Waals surface area contributed by atoms with Crippen LogP contribution in [0.3, 0.4) is 0 Å². The van der Waals surface area contributed by atoms with Crippen LogP contribution in [-0.4, -0.2) is 53.5 Å². The number of nitrogens with zero attached hydrogens (tertiary/aromatic N) is 2. The number of hydrogen-bond acceptors (Lipinski definition) is 4. The monoisotopic (exact) mass is 300 g/mol. The molecular formula is C17H20N2O3.